The van der Waals surface area contributed by atoms with Gasteiger partial charge in [-0.05, 0) is 66.9 Å². The summed E-state index contributed by atoms with van der Waals surface area (Å²) in [4.78, 5) is 29.3. The fourth-order valence-corrected chi connectivity index (χ4v) is 4.67. The predicted octanol–water partition coefficient (Wildman–Crippen LogP) is 5.58. The second-order valence-corrected chi connectivity index (χ2v) is 8.80. The van der Waals surface area contributed by atoms with Crippen LogP contribution in [-0.4, -0.2) is 36.2 Å². The van der Waals surface area contributed by atoms with E-state index >= 15 is 0 Å². The van der Waals surface area contributed by atoms with Crippen LogP contribution in [0.3, 0.4) is 0 Å². The number of piperidine rings is 1. The topological polar surface area (TPSA) is 49.9 Å². The first-order chi connectivity index (χ1) is 14.5. The number of amides is 2. The molecule has 7 heteroatoms. The zero-order valence-corrected chi connectivity index (χ0v) is 18.3. The highest BCUT2D eigenvalue weighted by Gasteiger charge is 2.35. The second kappa shape index (κ2) is 9.14. The molecule has 2 aliphatic rings. The zero-order valence-electron chi connectivity index (χ0n) is 16.8. The van der Waals surface area contributed by atoms with Crippen molar-refractivity contribution in [2.24, 2.45) is 0 Å². The van der Waals surface area contributed by atoms with Crippen molar-refractivity contribution in [1.29, 1.82) is 0 Å². The van der Waals surface area contributed by atoms with Crippen LogP contribution in [0.5, 0.6) is 5.75 Å². The van der Waals surface area contributed by atoms with Gasteiger partial charge in [0.15, 0.2) is 0 Å². The van der Waals surface area contributed by atoms with Crippen LogP contribution in [0, 0.1) is 0 Å². The van der Waals surface area contributed by atoms with Crippen molar-refractivity contribution in [2.75, 3.05) is 25.1 Å². The van der Waals surface area contributed by atoms with Gasteiger partial charge < -0.3 is 9.64 Å². The molecule has 2 aromatic rings. The lowest BCUT2D eigenvalue weighted by Gasteiger charge is -2.29. The van der Waals surface area contributed by atoms with Gasteiger partial charge in [0.05, 0.1) is 18.6 Å². The van der Waals surface area contributed by atoms with Crippen molar-refractivity contribution in [3.05, 3.63) is 63.5 Å². The normalized spacial score (nSPS) is 18.4. The number of carbonyl (C=O) groups excluding carboxylic acids is 2. The van der Waals surface area contributed by atoms with E-state index in [0.29, 0.717) is 15.7 Å². The minimum atomic E-state index is -0.290. The van der Waals surface area contributed by atoms with Crippen LogP contribution in [0.2, 0.25) is 5.02 Å². The number of carbonyl (C=O) groups is 2. The number of hydrogen-bond donors (Lipinski definition) is 0. The van der Waals surface area contributed by atoms with Gasteiger partial charge in [0.2, 0.25) is 0 Å². The Morgan fingerprint density at radius 1 is 1.07 bits per heavy atom. The number of thioether (sulfide) groups is 1. The third-order valence-electron chi connectivity index (χ3n) is 5.35. The molecular formula is C23H23ClN2O3S. The van der Waals surface area contributed by atoms with Crippen LogP contribution in [-0.2, 0) is 11.3 Å². The molecule has 2 amide bonds. The largest absolute Gasteiger partial charge is 0.496 e. The number of benzene rings is 2. The summed E-state index contributed by atoms with van der Waals surface area (Å²) >= 11 is 6.87. The first-order valence-corrected chi connectivity index (χ1v) is 11.2. The van der Waals surface area contributed by atoms with E-state index in [2.05, 4.69) is 11.0 Å². The summed E-state index contributed by atoms with van der Waals surface area (Å²) in [5, 5.41) is 0.345. The van der Waals surface area contributed by atoms with Gasteiger partial charge in [-0.2, -0.15) is 0 Å². The minimum absolute atomic E-state index is 0.226. The molecule has 2 fully saturated rings. The van der Waals surface area contributed by atoms with Crippen molar-refractivity contribution in [2.45, 2.75) is 25.8 Å². The van der Waals surface area contributed by atoms with Gasteiger partial charge in [0, 0.05) is 35.4 Å². The zero-order chi connectivity index (χ0) is 21.1. The van der Waals surface area contributed by atoms with E-state index in [-0.39, 0.29) is 17.7 Å². The molecule has 0 N–H and O–H groups in total. The summed E-state index contributed by atoms with van der Waals surface area (Å²) in [6.45, 7) is 2.32. The molecule has 0 aromatic heterocycles. The number of methoxy groups -OCH3 is 1. The standard InChI is InChI=1S/C23H23ClN2O3S/c1-29-20-14-19(25-11-3-2-4-12-25)10-7-17(20)13-21-22(27)26(23(28)30-21)15-16-5-8-18(24)9-6-16/h5-10,13-14H,2-4,11-12,15H2,1H3/b21-13+. The Morgan fingerprint density at radius 3 is 2.50 bits per heavy atom. The summed E-state index contributed by atoms with van der Waals surface area (Å²) in [6.07, 6.45) is 5.42. The van der Waals surface area contributed by atoms with Gasteiger partial charge in [-0.3, -0.25) is 14.5 Å². The lowest BCUT2D eigenvalue weighted by Crippen LogP contribution is -2.29. The quantitative estimate of drug-likeness (QED) is 0.566. The first kappa shape index (κ1) is 20.8. The fraction of sp³-hybridized carbons (Fsp3) is 0.304. The molecule has 0 unspecified atom stereocenters. The van der Waals surface area contributed by atoms with E-state index in [1.165, 1.54) is 24.2 Å². The summed E-state index contributed by atoms with van der Waals surface area (Å²) in [5.41, 5.74) is 2.77. The van der Waals surface area contributed by atoms with Crippen LogP contribution >= 0.6 is 23.4 Å². The van der Waals surface area contributed by atoms with Crippen LogP contribution in [0.15, 0.2) is 47.4 Å². The van der Waals surface area contributed by atoms with Crippen molar-refractivity contribution >= 4 is 46.3 Å². The van der Waals surface area contributed by atoms with Crippen molar-refractivity contribution in [3.8, 4) is 5.75 Å². The van der Waals surface area contributed by atoms with Gasteiger partial charge in [0.1, 0.15) is 5.75 Å². The van der Waals surface area contributed by atoms with Crippen LogP contribution < -0.4 is 9.64 Å². The highest BCUT2D eigenvalue weighted by Crippen LogP contribution is 2.36. The molecule has 2 heterocycles. The molecule has 2 aromatic carbocycles. The molecule has 0 atom stereocenters. The number of hydrogen-bond acceptors (Lipinski definition) is 5. The Morgan fingerprint density at radius 2 is 1.80 bits per heavy atom. The average Bonchev–Trinajstić information content (AvgIpc) is 3.03. The fourth-order valence-electron chi connectivity index (χ4n) is 3.72. The third-order valence-corrected chi connectivity index (χ3v) is 6.51. The molecule has 0 spiro atoms. The highest BCUT2D eigenvalue weighted by atomic mass is 35.5. The number of rotatable bonds is 5. The summed E-state index contributed by atoms with van der Waals surface area (Å²) in [7, 11) is 1.62. The van der Waals surface area contributed by atoms with Gasteiger partial charge in [-0.1, -0.05) is 23.7 Å². The molecule has 5 nitrogen and oxygen atoms in total. The Balaban J connectivity index is 1.54. The SMILES string of the molecule is COc1cc(N2CCCCC2)ccc1/C=C1/SC(=O)N(Cc2ccc(Cl)cc2)C1=O. The van der Waals surface area contributed by atoms with Gasteiger partial charge in [0.25, 0.3) is 11.1 Å². The molecule has 4 rings (SSSR count). The molecule has 0 aliphatic carbocycles. The van der Waals surface area contributed by atoms with Crippen molar-refractivity contribution in [3.63, 3.8) is 0 Å². The van der Waals surface area contributed by atoms with E-state index in [9.17, 15) is 9.59 Å². The molecular weight excluding hydrogens is 420 g/mol. The van der Waals surface area contributed by atoms with E-state index in [1.807, 2.05) is 24.3 Å². The Hall–Kier alpha value is -2.44. The number of ether oxygens (including phenoxy) is 1. The maximum absolute atomic E-state index is 12.8. The lowest BCUT2D eigenvalue weighted by atomic mass is 10.1. The van der Waals surface area contributed by atoms with Crippen LogP contribution in [0.25, 0.3) is 6.08 Å². The van der Waals surface area contributed by atoms with E-state index in [0.717, 1.165) is 41.7 Å². The summed E-state index contributed by atoms with van der Waals surface area (Å²) in [5.74, 6) is 0.407. The number of imide groups is 1. The maximum atomic E-state index is 12.8. The predicted molar refractivity (Wildman–Crippen MR) is 122 cm³/mol. The molecule has 0 bridgehead atoms. The lowest BCUT2D eigenvalue weighted by molar-refractivity contribution is -0.123. The van der Waals surface area contributed by atoms with Gasteiger partial charge >= 0.3 is 0 Å². The number of anilines is 1. The number of nitrogens with zero attached hydrogens (tertiary/aromatic N) is 2. The van der Waals surface area contributed by atoms with Gasteiger partial charge in [-0.25, -0.2) is 0 Å². The van der Waals surface area contributed by atoms with Crippen LogP contribution in [0.4, 0.5) is 10.5 Å². The second-order valence-electron chi connectivity index (χ2n) is 7.37. The average molecular weight is 443 g/mol. The summed E-state index contributed by atoms with van der Waals surface area (Å²) < 4.78 is 5.58. The molecule has 156 valence electrons. The molecule has 0 saturated carbocycles. The van der Waals surface area contributed by atoms with Crippen LogP contribution in [0.1, 0.15) is 30.4 Å². The Labute approximate surface area is 185 Å². The highest BCUT2D eigenvalue weighted by molar-refractivity contribution is 8.18. The number of halogens is 1. The summed E-state index contributed by atoms with van der Waals surface area (Å²) in [6, 6.07) is 13.2. The molecule has 2 saturated heterocycles. The smallest absolute Gasteiger partial charge is 0.293 e. The monoisotopic (exact) mass is 442 g/mol. The van der Waals surface area contributed by atoms with Gasteiger partial charge in [-0.15, -0.1) is 0 Å². The Kier molecular flexibility index (Phi) is 6.35. The minimum Gasteiger partial charge on any atom is -0.496 e. The molecule has 2 aliphatic heterocycles. The molecule has 0 radical (unpaired) electrons. The third kappa shape index (κ3) is 4.50. The Bertz CT molecular complexity index is 984. The van der Waals surface area contributed by atoms with E-state index in [1.54, 1.807) is 25.3 Å². The maximum Gasteiger partial charge on any atom is 0.293 e. The van der Waals surface area contributed by atoms with Crippen molar-refractivity contribution < 1.29 is 14.3 Å². The molecule has 30 heavy (non-hydrogen) atoms. The van der Waals surface area contributed by atoms with E-state index in [4.69, 9.17) is 16.3 Å². The van der Waals surface area contributed by atoms with E-state index < -0.39 is 0 Å². The van der Waals surface area contributed by atoms with Crippen molar-refractivity contribution in [1.82, 2.24) is 4.90 Å². The first-order valence-electron chi connectivity index (χ1n) is 9.98.